The molecule has 0 unspecified atom stereocenters. The van der Waals surface area contributed by atoms with Gasteiger partial charge in [-0.15, -0.1) is 23.3 Å². The molecule has 0 aliphatic rings. The van der Waals surface area contributed by atoms with Crippen LogP contribution < -0.4 is 0 Å². The molecular weight excluding hydrogens is 127 g/mol. The molecule has 0 aromatic heterocycles. The summed E-state index contributed by atoms with van der Waals surface area (Å²) in [6, 6.07) is 0. The van der Waals surface area contributed by atoms with Crippen molar-refractivity contribution in [2.75, 3.05) is 6.61 Å². The van der Waals surface area contributed by atoms with Crippen LogP contribution in [0.2, 0.25) is 0 Å². The van der Waals surface area contributed by atoms with E-state index in [9.17, 15) is 0 Å². The second-order valence-electron chi connectivity index (χ2n) is 0.316. The molecule has 0 aliphatic heterocycles. The van der Waals surface area contributed by atoms with E-state index >= 15 is 0 Å². The van der Waals surface area contributed by atoms with Crippen LogP contribution in [-0.2, 0) is 0 Å². The molecule has 0 heterocycles. The summed E-state index contributed by atoms with van der Waals surface area (Å²) in [7, 11) is 0. The maximum absolute atomic E-state index is 7.57. The summed E-state index contributed by atoms with van der Waals surface area (Å²) in [6.45, 7) is 1.93. The Morgan fingerprint density at radius 1 is 1.50 bits per heavy atom. The van der Waals surface area contributed by atoms with Crippen molar-refractivity contribution in [3.63, 3.8) is 0 Å². The maximum atomic E-state index is 7.57. The summed E-state index contributed by atoms with van der Waals surface area (Å²) in [5.41, 5.74) is 0. The van der Waals surface area contributed by atoms with Crippen LogP contribution in [0.25, 0.3) is 0 Å². The van der Waals surface area contributed by atoms with Crippen LogP contribution in [0.15, 0.2) is 0 Å². The van der Waals surface area contributed by atoms with E-state index < -0.39 is 0 Å². The zero-order valence-electron chi connectivity index (χ0n) is 3.05. The van der Waals surface area contributed by atoms with Crippen LogP contribution >= 0.6 is 23.3 Å². The summed E-state index contributed by atoms with van der Waals surface area (Å²) in [4.78, 5) is 0. The Bertz CT molecular complexity index is 11.5. The first-order valence-electron chi connectivity index (χ1n) is 1.22. The van der Waals surface area contributed by atoms with Gasteiger partial charge >= 0.3 is 29.6 Å². The molecular formula is C2H9NaOS2. The third-order valence-corrected chi connectivity index (χ3v) is 0. The van der Waals surface area contributed by atoms with Crippen LogP contribution in [0.1, 0.15) is 6.92 Å². The molecule has 4 heteroatoms. The number of rotatable bonds is 0. The summed E-state index contributed by atoms with van der Waals surface area (Å²) in [5, 5.41) is 7.57. The van der Waals surface area contributed by atoms with Gasteiger partial charge in [0.15, 0.2) is 0 Å². The Morgan fingerprint density at radius 3 is 1.50 bits per heavy atom. The van der Waals surface area contributed by atoms with E-state index in [2.05, 4.69) is 23.3 Å². The molecule has 0 atom stereocenters. The summed E-state index contributed by atoms with van der Waals surface area (Å²) < 4.78 is 0. The zero-order chi connectivity index (χ0) is 4.71. The van der Waals surface area contributed by atoms with E-state index in [0.717, 1.165) is 0 Å². The number of aliphatic hydroxyl groups excluding tert-OH is 1. The number of thiol groups is 2. The number of hydrogen-bond acceptors (Lipinski definition) is 3. The molecule has 36 valence electrons. The van der Waals surface area contributed by atoms with E-state index in [1.807, 2.05) is 0 Å². The van der Waals surface area contributed by atoms with Crippen LogP contribution in [0, 0.1) is 0 Å². The first kappa shape index (κ1) is 15.6. The molecule has 0 bridgehead atoms. The molecule has 0 aliphatic carbocycles. The quantitative estimate of drug-likeness (QED) is 0.245. The van der Waals surface area contributed by atoms with Crippen molar-refractivity contribution >= 4 is 52.9 Å². The average molecular weight is 136 g/mol. The molecule has 0 radical (unpaired) electrons. The van der Waals surface area contributed by atoms with Gasteiger partial charge in [0.2, 0.25) is 0 Å². The Kier molecular flexibility index (Phi) is 78.6. The number of hydrogen-bond donors (Lipinski definition) is 3. The van der Waals surface area contributed by atoms with Gasteiger partial charge in [-0.25, -0.2) is 0 Å². The third kappa shape index (κ3) is 44.6. The van der Waals surface area contributed by atoms with Crippen molar-refractivity contribution in [3.8, 4) is 0 Å². The van der Waals surface area contributed by atoms with Crippen LogP contribution in [0.3, 0.4) is 0 Å². The van der Waals surface area contributed by atoms with Gasteiger partial charge in [-0.05, 0) is 6.92 Å². The topological polar surface area (TPSA) is 20.2 Å². The Hall–Kier alpha value is 1.66. The Labute approximate surface area is 71.0 Å². The molecule has 0 aromatic carbocycles. The van der Waals surface area contributed by atoms with Crippen LogP contribution in [-0.4, -0.2) is 41.3 Å². The molecule has 6 heavy (non-hydrogen) atoms. The van der Waals surface area contributed by atoms with Gasteiger partial charge in [0, 0.05) is 6.61 Å². The molecule has 0 aromatic rings. The molecule has 1 nitrogen and oxygen atoms in total. The summed E-state index contributed by atoms with van der Waals surface area (Å²) in [5.74, 6) is 0. The molecule has 0 saturated carbocycles. The van der Waals surface area contributed by atoms with E-state index in [1.165, 1.54) is 0 Å². The third-order valence-electron chi connectivity index (χ3n) is 0. The molecule has 0 saturated heterocycles. The normalized spacial score (nSPS) is 4.00. The molecule has 0 fully saturated rings. The van der Waals surface area contributed by atoms with Crippen molar-refractivity contribution in [1.29, 1.82) is 0 Å². The van der Waals surface area contributed by atoms with E-state index in [4.69, 9.17) is 5.11 Å². The van der Waals surface area contributed by atoms with Gasteiger partial charge in [0.1, 0.15) is 0 Å². The van der Waals surface area contributed by atoms with Crippen molar-refractivity contribution in [2.24, 2.45) is 0 Å². The fourth-order valence-electron chi connectivity index (χ4n) is 0. The molecule has 0 rings (SSSR count). The van der Waals surface area contributed by atoms with Crippen molar-refractivity contribution < 1.29 is 5.11 Å². The molecule has 1 N–H and O–H groups in total. The van der Waals surface area contributed by atoms with E-state index in [0.29, 0.717) is 0 Å². The SMILES string of the molecule is CCO.SS.[NaH]. The first-order chi connectivity index (χ1) is 2.41. The van der Waals surface area contributed by atoms with Crippen molar-refractivity contribution in [2.45, 2.75) is 6.92 Å². The number of aliphatic hydroxyl groups is 1. The van der Waals surface area contributed by atoms with Gasteiger partial charge in [-0.1, -0.05) is 0 Å². The molecule has 0 spiro atoms. The van der Waals surface area contributed by atoms with Crippen molar-refractivity contribution in [1.82, 2.24) is 0 Å². The predicted octanol–water partition coefficient (Wildman–Crippen LogP) is 0.111. The second kappa shape index (κ2) is 30.2. The van der Waals surface area contributed by atoms with E-state index in [-0.39, 0.29) is 36.2 Å². The van der Waals surface area contributed by atoms with Gasteiger partial charge in [0.25, 0.3) is 0 Å². The Morgan fingerprint density at radius 2 is 1.50 bits per heavy atom. The van der Waals surface area contributed by atoms with E-state index in [1.54, 1.807) is 6.92 Å². The Balaban J connectivity index is -0.0000000275. The average Bonchev–Trinajstić information content (AvgIpc) is 1.46. The minimum atomic E-state index is 0. The van der Waals surface area contributed by atoms with Crippen LogP contribution in [0.4, 0.5) is 0 Å². The van der Waals surface area contributed by atoms with Gasteiger partial charge in [0.05, 0.1) is 0 Å². The standard InChI is InChI=1S/C2H6O.Na.H2S2.H/c1-2-3;;1-2;/h3H,2H2,1H3;;1-2H;. The minimum absolute atomic E-state index is 0. The monoisotopic (exact) mass is 136 g/mol. The van der Waals surface area contributed by atoms with Gasteiger partial charge in [-0.3, -0.25) is 0 Å². The van der Waals surface area contributed by atoms with Gasteiger partial charge < -0.3 is 5.11 Å². The fraction of sp³-hybridized carbons (Fsp3) is 1.00. The second-order valence-corrected chi connectivity index (χ2v) is 0.316. The fourth-order valence-corrected chi connectivity index (χ4v) is 0. The van der Waals surface area contributed by atoms with Crippen LogP contribution in [0.5, 0.6) is 0 Å². The molecule has 0 amide bonds. The predicted molar refractivity (Wildman–Crippen MR) is 37.9 cm³/mol. The van der Waals surface area contributed by atoms with Gasteiger partial charge in [-0.2, -0.15) is 0 Å². The summed E-state index contributed by atoms with van der Waals surface area (Å²) in [6.07, 6.45) is 0. The summed E-state index contributed by atoms with van der Waals surface area (Å²) >= 11 is 6.44. The zero-order valence-corrected chi connectivity index (χ0v) is 4.84. The van der Waals surface area contributed by atoms with Crippen molar-refractivity contribution in [3.05, 3.63) is 0 Å². The first-order valence-corrected chi connectivity index (χ1v) is 2.82.